The Morgan fingerprint density at radius 2 is 1.00 bits per heavy atom. The fourth-order valence-electron chi connectivity index (χ4n) is 6.12. The number of carbonyl (C=O) groups excluding carboxylic acids is 2. The van der Waals surface area contributed by atoms with E-state index in [1.165, 1.54) is 5.56 Å². The van der Waals surface area contributed by atoms with Gasteiger partial charge in [-0.1, -0.05) is 35.4 Å². The molecule has 2 aromatic rings. The van der Waals surface area contributed by atoms with Crippen LogP contribution in [0.25, 0.3) is 11.1 Å². The summed E-state index contributed by atoms with van der Waals surface area (Å²) in [6.45, 7) is 18.6. The number of aliphatic hydroxyl groups is 1. The molecule has 0 saturated heterocycles. The maximum absolute atomic E-state index is 12.4. The van der Waals surface area contributed by atoms with Crippen LogP contribution in [0.15, 0.2) is 35.6 Å². The predicted octanol–water partition coefficient (Wildman–Crippen LogP) is 2.16. The monoisotopic (exact) mass is 588 g/mol. The summed E-state index contributed by atoms with van der Waals surface area (Å²) in [7, 11) is 3.20. The maximum atomic E-state index is 12.4. The van der Waals surface area contributed by atoms with Gasteiger partial charge in [0.15, 0.2) is 0 Å². The third kappa shape index (κ3) is 7.18. The summed E-state index contributed by atoms with van der Waals surface area (Å²) in [4.78, 5) is 24.7. The smallest absolute Gasteiger partial charge is 0.870 e. The van der Waals surface area contributed by atoms with Gasteiger partial charge in [-0.15, -0.1) is 0 Å². The fraction of sp³-hybridized carbons (Fsp3) is 0.455. The van der Waals surface area contributed by atoms with Crippen molar-refractivity contribution in [3.8, 4) is 0 Å². The van der Waals surface area contributed by atoms with E-state index < -0.39 is 11.1 Å². The predicted molar refractivity (Wildman–Crippen MR) is 162 cm³/mol. The van der Waals surface area contributed by atoms with Gasteiger partial charge in [-0.05, 0) is 101 Å². The van der Waals surface area contributed by atoms with E-state index in [4.69, 9.17) is 9.47 Å². The third-order valence-corrected chi connectivity index (χ3v) is 7.92. The second-order valence-corrected chi connectivity index (χ2v) is 11.7. The Morgan fingerprint density at radius 1 is 0.667 bits per heavy atom. The Morgan fingerprint density at radius 3 is 1.40 bits per heavy atom. The van der Waals surface area contributed by atoms with Gasteiger partial charge in [0, 0.05) is 19.8 Å². The van der Waals surface area contributed by atoms with Crippen LogP contribution in [0.5, 0.6) is 0 Å². The Labute approximate surface area is 272 Å². The molecule has 2 aliphatic heterocycles. The molecule has 0 bridgehead atoms. The van der Waals surface area contributed by atoms with Gasteiger partial charge in [0.1, 0.15) is 11.3 Å². The average molecular weight is 589 g/mol. The number of hydrogen-bond acceptors (Lipinski definition) is 6. The molecule has 8 nitrogen and oxygen atoms in total. The summed E-state index contributed by atoms with van der Waals surface area (Å²) in [5.74, 6) is -0.200. The van der Waals surface area contributed by atoms with Crippen molar-refractivity contribution in [3.63, 3.8) is 0 Å². The molecule has 42 heavy (non-hydrogen) atoms. The molecule has 0 fully saturated rings. The molecule has 2 aliphatic rings. The van der Waals surface area contributed by atoms with E-state index in [1.54, 1.807) is 21.1 Å². The van der Waals surface area contributed by atoms with Crippen LogP contribution in [-0.4, -0.2) is 60.9 Å². The van der Waals surface area contributed by atoms with Crippen LogP contribution in [0.3, 0.4) is 0 Å². The number of amides is 2. The Bertz CT molecular complexity index is 1280. The van der Waals surface area contributed by atoms with Gasteiger partial charge in [-0.2, -0.15) is 0 Å². The largest absolute Gasteiger partial charge is 1.00 e. The molecule has 2 unspecified atom stereocenters. The molecule has 2 heterocycles. The summed E-state index contributed by atoms with van der Waals surface area (Å²) in [6.07, 6.45) is 0. The van der Waals surface area contributed by atoms with Crippen molar-refractivity contribution in [1.82, 2.24) is 10.6 Å². The third-order valence-electron chi connectivity index (χ3n) is 7.92. The second-order valence-electron chi connectivity index (χ2n) is 11.7. The molecule has 2 amide bonds. The zero-order chi connectivity index (χ0) is 30.2. The zero-order valence-corrected chi connectivity index (χ0v) is 29.3. The minimum atomic E-state index is -0.856. The van der Waals surface area contributed by atoms with Crippen molar-refractivity contribution in [3.05, 3.63) is 80.1 Å². The summed E-state index contributed by atoms with van der Waals surface area (Å²) >= 11 is 0. The summed E-state index contributed by atoms with van der Waals surface area (Å²) in [5, 5.41) is 16.4. The van der Waals surface area contributed by atoms with E-state index in [2.05, 4.69) is 43.5 Å². The maximum Gasteiger partial charge on any atom is 1.00 e. The summed E-state index contributed by atoms with van der Waals surface area (Å²) in [5.41, 5.74) is 9.45. The first-order chi connectivity index (χ1) is 18.6. The first-order valence-corrected chi connectivity index (χ1v) is 13.5. The van der Waals surface area contributed by atoms with Crippen LogP contribution < -0.4 is 40.2 Å². The van der Waals surface area contributed by atoms with Gasteiger partial charge in [-0.25, -0.2) is 0 Å². The molecule has 0 aromatic heterocycles. The molecule has 0 spiro atoms. The minimum absolute atomic E-state index is 0. The van der Waals surface area contributed by atoms with Crippen LogP contribution in [-0.2, 0) is 19.1 Å². The van der Waals surface area contributed by atoms with Crippen LogP contribution in [0.2, 0.25) is 0 Å². The van der Waals surface area contributed by atoms with Crippen molar-refractivity contribution in [2.45, 2.75) is 73.4 Å². The van der Waals surface area contributed by atoms with Crippen molar-refractivity contribution in [1.29, 1.82) is 0 Å². The van der Waals surface area contributed by atoms with E-state index in [-0.39, 0.29) is 59.2 Å². The van der Waals surface area contributed by atoms with Crippen LogP contribution in [0.4, 0.5) is 0 Å². The summed E-state index contributed by atoms with van der Waals surface area (Å²) < 4.78 is 10.4. The van der Waals surface area contributed by atoms with E-state index in [0.717, 1.165) is 50.1 Å². The van der Waals surface area contributed by atoms with Gasteiger partial charge >= 0.3 is 29.6 Å². The molecular formula is C33H45N2NaO6. The molecule has 4 N–H and O–H groups in total. The zero-order valence-electron chi connectivity index (χ0n) is 27.3. The average Bonchev–Trinajstić information content (AvgIpc) is 3.17. The number of nitrogens with one attached hydrogen (secondary N) is 2. The van der Waals surface area contributed by atoms with Crippen LogP contribution in [0, 0.1) is 41.5 Å². The number of rotatable bonds is 6. The van der Waals surface area contributed by atoms with Gasteiger partial charge in [0.2, 0.25) is 0 Å². The molecule has 0 saturated carbocycles. The number of ether oxygens (including phenoxy) is 2. The minimum Gasteiger partial charge on any atom is -0.870 e. The van der Waals surface area contributed by atoms with E-state index in [9.17, 15) is 14.7 Å². The quantitative estimate of drug-likeness (QED) is 0.444. The number of carbonyl (C=O) groups is 2. The summed E-state index contributed by atoms with van der Waals surface area (Å²) in [6, 6.07) is 8.29. The van der Waals surface area contributed by atoms with Gasteiger partial charge < -0.3 is 30.7 Å². The molecule has 0 radical (unpaired) electrons. The van der Waals surface area contributed by atoms with Crippen LogP contribution in [0.1, 0.15) is 65.3 Å². The van der Waals surface area contributed by atoms with E-state index in [0.29, 0.717) is 12.2 Å². The molecule has 4 rings (SSSR count). The molecule has 0 aliphatic carbocycles. The van der Waals surface area contributed by atoms with Gasteiger partial charge in [-0.3, -0.25) is 9.59 Å². The first kappa shape index (κ1) is 37.6. The molecule has 224 valence electrons. The second kappa shape index (κ2) is 14.3. The normalized spacial score (nSPS) is 21.3. The number of hydrogen-bond donors (Lipinski definition) is 3. The number of benzene rings is 2. The Balaban J connectivity index is 0.000000401. The van der Waals surface area contributed by atoms with Gasteiger partial charge in [0.05, 0.1) is 24.3 Å². The van der Waals surface area contributed by atoms with E-state index >= 15 is 0 Å². The molecular weight excluding hydrogens is 543 g/mol. The Hall–Kier alpha value is -2.46. The number of methoxy groups -OCH3 is 2. The SMILES string of the molecule is COCC1(C)NC(=O)C(c2c(C)cc(C)cc2C)=C1C.COCC1(C)NC(=O)C(c2c(C)cc(C)cc2C)=C1O.[Na+].[OH-]. The topological polar surface area (TPSA) is 127 Å². The van der Waals surface area contributed by atoms with Crippen molar-refractivity contribution < 1.29 is 59.2 Å². The number of aliphatic hydroxyl groups excluding tert-OH is 1. The first-order valence-electron chi connectivity index (χ1n) is 13.5. The van der Waals surface area contributed by atoms with E-state index in [1.807, 2.05) is 46.8 Å². The molecule has 9 heteroatoms. The molecule has 2 atom stereocenters. The van der Waals surface area contributed by atoms with Crippen molar-refractivity contribution >= 4 is 23.0 Å². The number of aryl methyl sites for hydroxylation is 6. The van der Waals surface area contributed by atoms with Crippen LogP contribution >= 0.6 is 0 Å². The Kier molecular flexibility index (Phi) is 12.8. The van der Waals surface area contributed by atoms with Crippen molar-refractivity contribution in [2.75, 3.05) is 27.4 Å². The standard InChI is InChI=1S/C17H23NO2.C16H21NO3.Na.H2O/c1-10-7-11(2)14(12(3)8-10)15-13(4)17(5,9-20-6)18-16(15)19;1-9-6-10(2)12(11(3)7-9)13-14(18)16(4,8-20-5)17-15(13)19;;/h7-8H,9H2,1-6H3,(H,18,19);6-7,18H,8H2,1-5H3,(H,17,19);;1H2/q;;+1;/p-1. The fourth-order valence-corrected chi connectivity index (χ4v) is 6.12. The molecule has 2 aromatic carbocycles. The van der Waals surface area contributed by atoms with Crippen molar-refractivity contribution in [2.24, 2.45) is 0 Å². The van der Waals surface area contributed by atoms with Gasteiger partial charge in [0.25, 0.3) is 11.8 Å².